The van der Waals surface area contributed by atoms with Crippen molar-refractivity contribution < 1.29 is 29.0 Å². The number of carbonyl (C=O) groups excluding carboxylic acids is 3. The summed E-state index contributed by atoms with van der Waals surface area (Å²) in [6.45, 7) is 2.62. The number of pyridine rings is 1. The van der Waals surface area contributed by atoms with Crippen LogP contribution in [0.5, 0.6) is 0 Å². The normalized spacial score (nSPS) is 11.5. The summed E-state index contributed by atoms with van der Waals surface area (Å²) in [5.41, 5.74) is 2.13. The average Bonchev–Trinajstić information content (AvgIpc) is 3.15. The van der Waals surface area contributed by atoms with Crippen molar-refractivity contribution in [1.82, 2.24) is 14.7 Å². The van der Waals surface area contributed by atoms with Gasteiger partial charge in [-0.15, -0.1) is 0 Å². The minimum Gasteiger partial charge on any atom is -0.480 e. The number of nitrogens with zero attached hydrogens (tertiary/aromatic N) is 2. The number of carboxylic acid groups (broad SMARTS) is 1. The highest BCUT2D eigenvalue weighted by molar-refractivity contribution is 6.02. The summed E-state index contributed by atoms with van der Waals surface area (Å²) in [7, 11) is 1.27. The molecule has 0 spiro atoms. The number of rotatable bonds is 8. The molecule has 2 amide bonds. The van der Waals surface area contributed by atoms with E-state index in [1.165, 1.54) is 27.0 Å². The number of esters is 1. The largest absolute Gasteiger partial charge is 0.480 e. The third-order valence-corrected chi connectivity index (χ3v) is 4.72. The number of fused-ring (bicyclic) bond motifs is 1. The standard InChI is InChI=1S/C22H23N5O6/c1-12(22(31)32)24-21(30)16-5-4-10-27-19(16)26-18(20(27)23-11-17(29)33-3)14-6-8-15(9-7-14)25-13(2)28/h4-10,12,23H,11H2,1-3H3,(H,24,30)(H,25,28)(H,31,32). The van der Waals surface area contributed by atoms with Crippen LogP contribution in [0.15, 0.2) is 42.6 Å². The van der Waals surface area contributed by atoms with Gasteiger partial charge in [-0.2, -0.15) is 0 Å². The molecule has 0 bridgehead atoms. The number of nitrogens with one attached hydrogen (secondary N) is 3. The van der Waals surface area contributed by atoms with Crippen LogP contribution in [0.2, 0.25) is 0 Å². The Labute approximate surface area is 188 Å². The second-order valence-corrected chi connectivity index (χ2v) is 7.15. The predicted octanol–water partition coefficient (Wildman–Crippen LogP) is 1.75. The number of carbonyl (C=O) groups is 4. The Morgan fingerprint density at radius 3 is 2.45 bits per heavy atom. The summed E-state index contributed by atoms with van der Waals surface area (Å²) >= 11 is 0. The van der Waals surface area contributed by atoms with Gasteiger partial charge >= 0.3 is 11.9 Å². The van der Waals surface area contributed by atoms with Gasteiger partial charge in [0.1, 0.15) is 24.1 Å². The van der Waals surface area contributed by atoms with Gasteiger partial charge in [0.2, 0.25) is 5.91 Å². The van der Waals surface area contributed by atoms with Gasteiger partial charge in [-0.1, -0.05) is 12.1 Å². The van der Waals surface area contributed by atoms with Crippen molar-refractivity contribution >= 4 is 40.9 Å². The summed E-state index contributed by atoms with van der Waals surface area (Å²) in [6.07, 6.45) is 1.66. The lowest BCUT2D eigenvalue weighted by molar-refractivity contribution is -0.139. The number of imidazole rings is 1. The molecule has 3 rings (SSSR count). The monoisotopic (exact) mass is 453 g/mol. The fourth-order valence-electron chi connectivity index (χ4n) is 3.09. The van der Waals surface area contributed by atoms with E-state index in [2.05, 4.69) is 20.9 Å². The molecule has 4 N–H and O–H groups in total. The fraction of sp³-hybridized carbons (Fsp3) is 0.227. The van der Waals surface area contributed by atoms with Crippen LogP contribution in [0.3, 0.4) is 0 Å². The van der Waals surface area contributed by atoms with E-state index in [4.69, 9.17) is 9.84 Å². The van der Waals surface area contributed by atoms with E-state index in [1.54, 1.807) is 40.9 Å². The molecule has 11 nitrogen and oxygen atoms in total. The number of aliphatic carboxylic acids is 1. The number of methoxy groups -OCH3 is 1. The molecular weight excluding hydrogens is 430 g/mol. The summed E-state index contributed by atoms with van der Waals surface area (Å²) < 4.78 is 6.29. The highest BCUT2D eigenvalue weighted by Crippen LogP contribution is 2.31. The van der Waals surface area contributed by atoms with E-state index in [0.29, 0.717) is 22.8 Å². The Kier molecular flexibility index (Phi) is 6.91. The Hall–Kier alpha value is -4.41. The number of ether oxygens (including phenoxy) is 1. The molecule has 33 heavy (non-hydrogen) atoms. The van der Waals surface area contributed by atoms with Gasteiger partial charge < -0.3 is 25.8 Å². The maximum Gasteiger partial charge on any atom is 0.325 e. The van der Waals surface area contributed by atoms with E-state index in [0.717, 1.165) is 0 Å². The molecule has 0 radical (unpaired) electrons. The quantitative estimate of drug-likeness (QED) is 0.377. The zero-order valence-electron chi connectivity index (χ0n) is 18.2. The van der Waals surface area contributed by atoms with Crippen molar-refractivity contribution in [2.75, 3.05) is 24.3 Å². The first-order valence-electron chi connectivity index (χ1n) is 9.94. The number of anilines is 2. The number of carboxylic acids is 1. The Morgan fingerprint density at radius 2 is 1.85 bits per heavy atom. The van der Waals surface area contributed by atoms with E-state index >= 15 is 0 Å². The zero-order valence-corrected chi connectivity index (χ0v) is 18.2. The molecule has 172 valence electrons. The Balaban J connectivity index is 2.09. The molecule has 0 aliphatic rings. The smallest absolute Gasteiger partial charge is 0.325 e. The Morgan fingerprint density at radius 1 is 1.15 bits per heavy atom. The Bertz CT molecular complexity index is 1220. The molecule has 1 aromatic carbocycles. The molecule has 0 saturated heterocycles. The molecule has 11 heteroatoms. The molecule has 1 atom stereocenters. The van der Waals surface area contributed by atoms with Crippen molar-refractivity contribution in [1.29, 1.82) is 0 Å². The maximum absolute atomic E-state index is 12.7. The zero-order chi connectivity index (χ0) is 24.1. The van der Waals surface area contributed by atoms with E-state index < -0.39 is 23.9 Å². The van der Waals surface area contributed by atoms with Gasteiger partial charge in [-0.05, 0) is 31.2 Å². The highest BCUT2D eigenvalue weighted by Gasteiger charge is 2.22. The van der Waals surface area contributed by atoms with E-state index in [1.807, 2.05) is 0 Å². The molecule has 2 aromatic heterocycles. The molecular formula is C22H23N5O6. The lowest BCUT2D eigenvalue weighted by Gasteiger charge is -2.11. The molecule has 2 heterocycles. The third-order valence-electron chi connectivity index (χ3n) is 4.72. The van der Waals surface area contributed by atoms with Crippen LogP contribution in [0.1, 0.15) is 24.2 Å². The van der Waals surface area contributed by atoms with Crippen LogP contribution in [-0.4, -0.2) is 57.9 Å². The second kappa shape index (κ2) is 9.81. The van der Waals surface area contributed by atoms with E-state index in [9.17, 15) is 19.2 Å². The molecule has 0 fully saturated rings. The van der Waals surface area contributed by atoms with Gasteiger partial charge in [0.05, 0.1) is 12.7 Å². The molecule has 0 aliphatic heterocycles. The number of hydrogen-bond acceptors (Lipinski definition) is 7. The van der Waals surface area contributed by atoms with Crippen LogP contribution < -0.4 is 16.0 Å². The maximum atomic E-state index is 12.7. The molecule has 0 saturated carbocycles. The van der Waals surface area contributed by atoms with Crippen molar-refractivity contribution in [2.45, 2.75) is 19.9 Å². The number of benzene rings is 1. The van der Waals surface area contributed by atoms with Crippen LogP contribution in [-0.2, 0) is 19.1 Å². The average molecular weight is 453 g/mol. The fourth-order valence-corrected chi connectivity index (χ4v) is 3.09. The van der Waals surface area contributed by atoms with Crippen molar-refractivity contribution in [3.63, 3.8) is 0 Å². The summed E-state index contributed by atoms with van der Waals surface area (Å²) in [4.78, 5) is 51.5. The number of hydrogen-bond donors (Lipinski definition) is 4. The van der Waals surface area contributed by atoms with Crippen LogP contribution in [0, 0.1) is 0 Å². The molecule has 1 unspecified atom stereocenters. The van der Waals surface area contributed by atoms with Gasteiger partial charge in [0.25, 0.3) is 5.91 Å². The van der Waals surface area contributed by atoms with E-state index in [-0.39, 0.29) is 23.7 Å². The lowest BCUT2D eigenvalue weighted by atomic mass is 10.1. The predicted molar refractivity (Wildman–Crippen MR) is 120 cm³/mol. The molecule has 0 aliphatic carbocycles. The van der Waals surface area contributed by atoms with Crippen molar-refractivity contribution in [3.8, 4) is 11.3 Å². The summed E-state index contributed by atoms with van der Waals surface area (Å²) in [5.74, 6) is -2.04. The number of aromatic nitrogens is 2. The molecule has 3 aromatic rings. The minimum absolute atomic E-state index is 0.145. The van der Waals surface area contributed by atoms with Gasteiger partial charge in [-0.25, -0.2) is 4.98 Å². The SMILES string of the molecule is COC(=O)CNc1c(-c2ccc(NC(C)=O)cc2)nc2c(C(=O)NC(C)C(=O)O)cccn12. The van der Waals surface area contributed by atoms with Crippen molar-refractivity contribution in [3.05, 3.63) is 48.2 Å². The minimum atomic E-state index is -1.17. The topological polar surface area (TPSA) is 151 Å². The summed E-state index contributed by atoms with van der Waals surface area (Å²) in [6, 6.07) is 8.93. The van der Waals surface area contributed by atoms with Gasteiger partial charge in [0.15, 0.2) is 5.65 Å². The second-order valence-electron chi connectivity index (χ2n) is 7.15. The summed E-state index contributed by atoms with van der Waals surface area (Å²) in [5, 5.41) is 17.2. The highest BCUT2D eigenvalue weighted by atomic mass is 16.5. The first-order chi connectivity index (χ1) is 15.7. The van der Waals surface area contributed by atoms with Crippen LogP contribution in [0.25, 0.3) is 16.9 Å². The van der Waals surface area contributed by atoms with Gasteiger partial charge in [-0.3, -0.25) is 23.6 Å². The third kappa shape index (κ3) is 5.26. The van der Waals surface area contributed by atoms with Crippen LogP contribution in [0.4, 0.5) is 11.5 Å². The van der Waals surface area contributed by atoms with Gasteiger partial charge in [0, 0.05) is 24.4 Å². The van der Waals surface area contributed by atoms with Crippen LogP contribution >= 0.6 is 0 Å². The number of amides is 2. The first kappa shape index (κ1) is 23.3. The lowest BCUT2D eigenvalue weighted by Crippen LogP contribution is -2.38. The first-order valence-corrected chi connectivity index (χ1v) is 9.94. The van der Waals surface area contributed by atoms with Crippen molar-refractivity contribution in [2.24, 2.45) is 0 Å².